The SMILES string of the molecule is C=CCCCOC(=O)CCC(=O)OCC(C)C. The van der Waals surface area contributed by atoms with Gasteiger partial charge in [0.05, 0.1) is 26.1 Å². The van der Waals surface area contributed by atoms with Crippen molar-refractivity contribution in [2.75, 3.05) is 13.2 Å². The largest absolute Gasteiger partial charge is 0.466 e. The smallest absolute Gasteiger partial charge is 0.306 e. The number of allylic oxidation sites excluding steroid dienone is 1. The third kappa shape index (κ3) is 11.0. The first-order valence-electron chi connectivity index (χ1n) is 5.98. The molecule has 4 heteroatoms. The summed E-state index contributed by atoms with van der Waals surface area (Å²) in [5.74, 6) is -0.387. The Hall–Kier alpha value is -1.32. The van der Waals surface area contributed by atoms with Gasteiger partial charge in [0.15, 0.2) is 0 Å². The second-order valence-electron chi connectivity index (χ2n) is 4.23. The average Bonchev–Trinajstić information content (AvgIpc) is 2.29. The number of unbranched alkanes of at least 4 members (excludes halogenated alkanes) is 1. The summed E-state index contributed by atoms with van der Waals surface area (Å²) in [6, 6.07) is 0. The van der Waals surface area contributed by atoms with Gasteiger partial charge in [-0.3, -0.25) is 9.59 Å². The second kappa shape index (κ2) is 9.87. The third-order valence-electron chi connectivity index (χ3n) is 1.93. The molecule has 0 aromatic carbocycles. The van der Waals surface area contributed by atoms with E-state index >= 15 is 0 Å². The molecule has 0 bridgehead atoms. The minimum atomic E-state index is -0.351. The Bertz CT molecular complexity index is 246. The molecule has 0 saturated heterocycles. The number of ether oxygens (including phenoxy) is 2. The molecule has 0 amide bonds. The van der Waals surface area contributed by atoms with Crippen LogP contribution in [0.1, 0.15) is 39.5 Å². The fourth-order valence-corrected chi connectivity index (χ4v) is 1.02. The Kier molecular flexibility index (Phi) is 9.11. The number of esters is 2. The van der Waals surface area contributed by atoms with E-state index in [2.05, 4.69) is 6.58 Å². The van der Waals surface area contributed by atoms with Gasteiger partial charge < -0.3 is 9.47 Å². The van der Waals surface area contributed by atoms with Crippen molar-refractivity contribution in [2.45, 2.75) is 39.5 Å². The normalized spacial score (nSPS) is 10.1. The van der Waals surface area contributed by atoms with Crippen LogP contribution in [-0.4, -0.2) is 25.2 Å². The van der Waals surface area contributed by atoms with Gasteiger partial charge in [0.25, 0.3) is 0 Å². The highest BCUT2D eigenvalue weighted by atomic mass is 16.5. The molecule has 0 rings (SSSR count). The van der Waals surface area contributed by atoms with Gasteiger partial charge in [0, 0.05) is 0 Å². The van der Waals surface area contributed by atoms with Crippen molar-refractivity contribution in [2.24, 2.45) is 5.92 Å². The lowest BCUT2D eigenvalue weighted by molar-refractivity contribution is -0.151. The highest BCUT2D eigenvalue weighted by molar-refractivity contribution is 5.77. The van der Waals surface area contributed by atoms with Gasteiger partial charge >= 0.3 is 11.9 Å². The van der Waals surface area contributed by atoms with Crippen LogP contribution in [0.5, 0.6) is 0 Å². The van der Waals surface area contributed by atoms with Gasteiger partial charge in [0.1, 0.15) is 0 Å². The molecule has 0 atom stereocenters. The standard InChI is InChI=1S/C13H22O4/c1-4-5-6-9-16-12(14)7-8-13(15)17-10-11(2)3/h4,11H,1,5-10H2,2-3H3. The van der Waals surface area contributed by atoms with Gasteiger partial charge in [-0.1, -0.05) is 19.9 Å². The average molecular weight is 242 g/mol. The van der Waals surface area contributed by atoms with Crippen LogP contribution in [-0.2, 0) is 19.1 Å². The monoisotopic (exact) mass is 242 g/mol. The van der Waals surface area contributed by atoms with Crippen LogP contribution in [0.3, 0.4) is 0 Å². The van der Waals surface area contributed by atoms with Crippen molar-refractivity contribution >= 4 is 11.9 Å². The van der Waals surface area contributed by atoms with Crippen LogP contribution in [0.4, 0.5) is 0 Å². The first-order chi connectivity index (χ1) is 8.06. The van der Waals surface area contributed by atoms with Crippen LogP contribution in [0.25, 0.3) is 0 Å². The molecule has 17 heavy (non-hydrogen) atoms. The summed E-state index contributed by atoms with van der Waals surface area (Å²) in [5, 5.41) is 0. The minimum Gasteiger partial charge on any atom is -0.466 e. The lowest BCUT2D eigenvalue weighted by Gasteiger charge is -2.07. The molecule has 0 unspecified atom stereocenters. The van der Waals surface area contributed by atoms with Gasteiger partial charge in [-0.25, -0.2) is 0 Å². The van der Waals surface area contributed by atoms with Crippen LogP contribution in [0.15, 0.2) is 12.7 Å². The minimum absolute atomic E-state index is 0.0883. The predicted octanol–water partition coefficient (Wildman–Crippen LogP) is 2.48. The Balaban J connectivity index is 3.48. The maximum atomic E-state index is 11.2. The summed E-state index contributed by atoms with van der Waals surface area (Å²) < 4.78 is 9.86. The van der Waals surface area contributed by atoms with Crippen molar-refractivity contribution in [3.05, 3.63) is 12.7 Å². The summed E-state index contributed by atoms with van der Waals surface area (Å²) in [6.07, 6.45) is 3.55. The summed E-state index contributed by atoms with van der Waals surface area (Å²) in [7, 11) is 0. The number of hydrogen-bond acceptors (Lipinski definition) is 4. The maximum absolute atomic E-state index is 11.2. The van der Waals surface area contributed by atoms with Crippen molar-refractivity contribution in [3.8, 4) is 0 Å². The maximum Gasteiger partial charge on any atom is 0.306 e. The predicted molar refractivity (Wildman–Crippen MR) is 65.4 cm³/mol. The molecule has 0 aromatic rings. The van der Waals surface area contributed by atoms with Crippen molar-refractivity contribution in [1.82, 2.24) is 0 Å². The molecule has 0 aliphatic carbocycles. The van der Waals surface area contributed by atoms with Crippen molar-refractivity contribution < 1.29 is 19.1 Å². The Morgan fingerprint density at radius 2 is 1.76 bits per heavy atom. The highest BCUT2D eigenvalue weighted by Crippen LogP contribution is 2.00. The first-order valence-corrected chi connectivity index (χ1v) is 5.98. The van der Waals surface area contributed by atoms with E-state index in [1.54, 1.807) is 6.08 Å². The fourth-order valence-electron chi connectivity index (χ4n) is 1.02. The number of carbonyl (C=O) groups excluding carboxylic acids is 2. The molecule has 0 radical (unpaired) electrons. The van der Waals surface area contributed by atoms with E-state index in [1.165, 1.54) is 0 Å². The van der Waals surface area contributed by atoms with Gasteiger partial charge in [-0.15, -0.1) is 6.58 Å². The summed E-state index contributed by atoms with van der Waals surface area (Å²) in [5.41, 5.74) is 0. The van der Waals surface area contributed by atoms with Crippen molar-refractivity contribution in [1.29, 1.82) is 0 Å². The third-order valence-corrected chi connectivity index (χ3v) is 1.93. The lowest BCUT2D eigenvalue weighted by atomic mass is 10.2. The molecule has 0 aromatic heterocycles. The van der Waals surface area contributed by atoms with Gasteiger partial charge in [-0.05, 0) is 18.8 Å². The van der Waals surface area contributed by atoms with E-state index in [-0.39, 0.29) is 24.8 Å². The molecular formula is C13H22O4. The molecule has 0 aliphatic rings. The quantitative estimate of drug-likeness (QED) is 0.354. The Morgan fingerprint density at radius 3 is 2.29 bits per heavy atom. The number of rotatable bonds is 9. The van der Waals surface area contributed by atoms with E-state index in [0.717, 1.165) is 12.8 Å². The molecule has 0 heterocycles. The summed E-state index contributed by atoms with van der Waals surface area (Å²) >= 11 is 0. The Morgan fingerprint density at radius 1 is 1.18 bits per heavy atom. The van der Waals surface area contributed by atoms with E-state index in [4.69, 9.17) is 9.47 Å². The van der Waals surface area contributed by atoms with Crippen LogP contribution < -0.4 is 0 Å². The van der Waals surface area contributed by atoms with Crippen LogP contribution >= 0.6 is 0 Å². The van der Waals surface area contributed by atoms with Gasteiger partial charge in [-0.2, -0.15) is 0 Å². The Labute approximate surface area is 103 Å². The second-order valence-corrected chi connectivity index (χ2v) is 4.23. The van der Waals surface area contributed by atoms with Crippen LogP contribution in [0, 0.1) is 5.92 Å². The van der Waals surface area contributed by atoms with Crippen molar-refractivity contribution in [3.63, 3.8) is 0 Å². The molecule has 0 spiro atoms. The van der Waals surface area contributed by atoms with E-state index in [1.807, 2.05) is 13.8 Å². The van der Waals surface area contributed by atoms with E-state index in [0.29, 0.717) is 19.1 Å². The van der Waals surface area contributed by atoms with Crippen LogP contribution in [0.2, 0.25) is 0 Å². The van der Waals surface area contributed by atoms with E-state index < -0.39 is 0 Å². The molecule has 0 saturated carbocycles. The lowest BCUT2D eigenvalue weighted by Crippen LogP contribution is -2.13. The summed E-state index contributed by atoms with van der Waals surface area (Å²) in [4.78, 5) is 22.4. The highest BCUT2D eigenvalue weighted by Gasteiger charge is 2.09. The van der Waals surface area contributed by atoms with E-state index in [9.17, 15) is 9.59 Å². The molecule has 4 nitrogen and oxygen atoms in total. The first kappa shape index (κ1) is 15.7. The molecule has 98 valence electrons. The number of carbonyl (C=O) groups is 2. The number of hydrogen-bond donors (Lipinski definition) is 0. The fraction of sp³-hybridized carbons (Fsp3) is 0.692. The molecule has 0 fully saturated rings. The molecule has 0 N–H and O–H groups in total. The molecule has 0 aliphatic heterocycles. The summed E-state index contributed by atoms with van der Waals surface area (Å²) in [6.45, 7) is 8.27. The zero-order chi connectivity index (χ0) is 13.1. The van der Waals surface area contributed by atoms with Gasteiger partial charge in [0.2, 0.25) is 0 Å². The molecular weight excluding hydrogens is 220 g/mol. The zero-order valence-electron chi connectivity index (χ0n) is 10.7. The zero-order valence-corrected chi connectivity index (χ0v) is 10.7. The topological polar surface area (TPSA) is 52.6 Å².